The smallest absolute Gasteiger partial charge is 0.270 e. The Morgan fingerprint density at radius 3 is 2.46 bits per heavy atom. The van der Waals surface area contributed by atoms with Crippen molar-refractivity contribution in [2.75, 3.05) is 16.8 Å². The van der Waals surface area contributed by atoms with Crippen LogP contribution in [0.4, 0.5) is 11.4 Å². The fourth-order valence-corrected chi connectivity index (χ4v) is 3.29. The van der Waals surface area contributed by atoms with Gasteiger partial charge in [0.15, 0.2) is 5.60 Å². The monoisotopic (exact) mass is 380 g/mol. The molecule has 1 aliphatic heterocycles. The van der Waals surface area contributed by atoms with Crippen molar-refractivity contribution in [1.82, 2.24) is 0 Å². The first-order valence-corrected chi connectivity index (χ1v) is 9.69. The fraction of sp³-hybridized carbons (Fsp3) is 0.391. The zero-order valence-corrected chi connectivity index (χ0v) is 17.2. The van der Waals surface area contributed by atoms with Crippen molar-refractivity contribution in [3.05, 3.63) is 53.6 Å². The predicted octanol–water partition coefficient (Wildman–Crippen LogP) is 4.65. The molecular formula is C23H28N2O3. The molecule has 0 spiro atoms. The van der Waals surface area contributed by atoms with Gasteiger partial charge in [-0.2, -0.15) is 0 Å². The van der Waals surface area contributed by atoms with Crippen LogP contribution in [0.15, 0.2) is 42.5 Å². The SMILES string of the molecule is Cc1ccc2c(c1)N(CCC(=O)Nc1ccc(C(C)C)cc1)C(=O)C(C)(C)O2. The second kappa shape index (κ2) is 7.66. The molecule has 1 N–H and O–H groups in total. The molecule has 0 unspecified atom stereocenters. The number of anilines is 2. The van der Waals surface area contributed by atoms with Crippen LogP contribution in [0.1, 0.15) is 51.2 Å². The molecule has 5 heteroatoms. The lowest BCUT2D eigenvalue weighted by atomic mass is 10.0. The number of hydrogen-bond donors (Lipinski definition) is 1. The number of carbonyl (C=O) groups excluding carboxylic acids is 2. The Hall–Kier alpha value is -2.82. The van der Waals surface area contributed by atoms with Crippen molar-refractivity contribution in [3.63, 3.8) is 0 Å². The molecule has 0 atom stereocenters. The van der Waals surface area contributed by atoms with Crippen molar-refractivity contribution in [3.8, 4) is 5.75 Å². The molecule has 2 amide bonds. The highest BCUT2D eigenvalue weighted by molar-refractivity contribution is 6.03. The molecule has 1 heterocycles. The molecule has 0 aromatic heterocycles. The van der Waals surface area contributed by atoms with E-state index < -0.39 is 5.60 Å². The van der Waals surface area contributed by atoms with Crippen LogP contribution in [0.2, 0.25) is 0 Å². The van der Waals surface area contributed by atoms with E-state index in [1.54, 1.807) is 18.7 Å². The Labute approximate surface area is 166 Å². The molecule has 28 heavy (non-hydrogen) atoms. The highest BCUT2D eigenvalue weighted by atomic mass is 16.5. The lowest BCUT2D eigenvalue weighted by Gasteiger charge is -2.38. The third-order valence-electron chi connectivity index (χ3n) is 4.95. The van der Waals surface area contributed by atoms with Gasteiger partial charge in [0.25, 0.3) is 5.91 Å². The van der Waals surface area contributed by atoms with Crippen LogP contribution in [0.25, 0.3) is 0 Å². The largest absolute Gasteiger partial charge is 0.476 e. The van der Waals surface area contributed by atoms with Crippen molar-refractivity contribution >= 4 is 23.2 Å². The maximum absolute atomic E-state index is 12.9. The van der Waals surface area contributed by atoms with E-state index in [1.165, 1.54) is 5.56 Å². The summed E-state index contributed by atoms with van der Waals surface area (Å²) in [5.74, 6) is 0.854. The van der Waals surface area contributed by atoms with Gasteiger partial charge in [-0.1, -0.05) is 32.0 Å². The van der Waals surface area contributed by atoms with Gasteiger partial charge in [0, 0.05) is 18.7 Å². The van der Waals surface area contributed by atoms with E-state index in [0.29, 0.717) is 18.2 Å². The van der Waals surface area contributed by atoms with Crippen molar-refractivity contribution in [1.29, 1.82) is 0 Å². The third kappa shape index (κ3) is 4.19. The van der Waals surface area contributed by atoms with Gasteiger partial charge in [-0.05, 0) is 62.1 Å². The summed E-state index contributed by atoms with van der Waals surface area (Å²) in [4.78, 5) is 27.0. The minimum Gasteiger partial charge on any atom is -0.476 e. The van der Waals surface area contributed by atoms with Gasteiger partial charge in [0.1, 0.15) is 5.75 Å². The third-order valence-corrected chi connectivity index (χ3v) is 4.95. The van der Waals surface area contributed by atoms with Crippen LogP contribution in [0.5, 0.6) is 5.75 Å². The molecule has 5 nitrogen and oxygen atoms in total. The molecule has 2 aromatic carbocycles. The number of ether oxygens (including phenoxy) is 1. The van der Waals surface area contributed by atoms with Gasteiger partial charge in [-0.3, -0.25) is 9.59 Å². The summed E-state index contributed by atoms with van der Waals surface area (Å²) in [5.41, 5.74) is 2.80. The first-order chi connectivity index (χ1) is 13.2. The molecule has 148 valence electrons. The lowest BCUT2D eigenvalue weighted by Crippen LogP contribution is -2.53. The molecule has 0 radical (unpaired) electrons. The number of fused-ring (bicyclic) bond motifs is 1. The average Bonchev–Trinajstić information content (AvgIpc) is 2.63. The Kier molecular flexibility index (Phi) is 5.45. The van der Waals surface area contributed by atoms with Gasteiger partial charge in [0.05, 0.1) is 5.69 Å². The van der Waals surface area contributed by atoms with Gasteiger partial charge < -0.3 is 15.0 Å². The number of benzene rings is 2. The highest BCUT2D eigenvalue weighted by Crippen LogP contribution is 2.38. The fourth-order valence-electron chi connectivity index (χ4n) is 3.29. The van der Waals surface area contributed by atoms with E-state index in [1.807, 2.05) is 49.4 Å². The number of carbonyl (C=O) groups is 2. The summed E-state index contributed by atoms with van der Waals surface area (Å²) in [6.07, 6.45) is 0.209. The summed E-state index contributed by atoms with van der Waals surface area (Å²) < 4.78 is 5.86. The summed E-state index contributed by atoms with van der Waals surface area (Å²) >= 11 is 0. The number of nitrogens with zero attached hydrogens (tertiary/aromatic N) is 1. The minimum atomic E-state index is -0.953. The first-order valence-electron chi connectivity index (χ1n) is 9.69. The lowest BCUT2D eigenvalue weighted by molar-refractivity contribution is -0.132. The Bertz CT molecular complexity index is 885. The number of rotatable bonds is 5. The first kappa shape index (κ1) is 19.9. The summed E-state index contributed by atoms with van der Waals surface area (Å²) in [7, 11) is 0. The van der Waals surface area contributed by atoms with E-state index in [0.717, 1.165) is 16.9 Å². The molecule has 0 saturated carbocycles. The van der Waals surface area contributed by atoms with E-state index in [-0.39, 0.29) is 18.2 Å². The van der Waals surface area contributed by atoms with Crippen LogP contribution in [-0.2, 0) is 9.59 Å². The van der Waals surface area contributed by atoms with Gasteiger partial charge in [-0.25, -0.2) is 0 Å². The van der Waals surface area contributed by atoms with E-state index in [9.17, 15) is 9.59 Å². The number of amides is 2. The minimum absolute atomic E-state index is 0.122. The van der Waals surface area contributed by atoms with Crippen molar-refractivity contribution in [2.45, 2.75) is 52.6 Å². The van der Waals surface area contributed by atoms with Crippen LogP contribution in [-0.4, -0.2) is 24.0 Å². The Balaban J connectivity index is 1.70. The molecule has 0 saturated heterocycles. The normalized spacial score (nSPS) is 15.2. The van der Waals surface area contributed by atoms with Gasteiger partial charge in [-0.15, -0.1) is 0 Å². The average molecular weight is 380 g/mol. The summed E-state index contributed by atoms with van der Waals surface area (Å²) in [6, 6.07) is 13.6. The van der Waals surface area contributed by atoms with Crippen molar-refractivity contribution in [2.24, 2.45) is 0 Å². The molecule has 0 aliphatic carbocycles. The van der Waals surface area contributed by atoms with E-state index in [4.69, 9.17) is 4.74 Å². The maximum Gasteiger partial charge on any atom is 0.270 e. The number of hydrogen-bond acceptors (Lipinski definition) is 3. The summed E-state index contributed by atoms with van der Waals surface area (Å²) in [5, 5.41) is 2.91. The zero-order chi connectivity index (χ0) is 20.5. The standard InChI is InChI=1S/C23H28N2O3/c1-15(2)17-7-9-18(10-8-17)24-21(26)12-13-25-19-14-16(3)6-11-20(19)28-23(4,5)22(25)27/h6-11,14-15H,12-13H2,1-5H3,(H,24,26). The van der Waals surface area contributed by atoms with E-state index >= 15 is 0 Å². The second-order valence-electron chi connectivity index (χ2n) is 8.12. The van der Waals surface area contributed by atoms with E-state index in [2.05, 4.69) is 19.2 Å². The molecule has 1 aliphatic rings. The van der Waals surface area contributed by atoms with Crippen molar-refractivity contribution < 1.29 is 14.3 Å². The Morgan fingerprint density at radius 2 is 1.82 bits per heavy atom. The van der Waals surface area contributed by atoms with Gasteiger partial charge in [0.2, 0.25) is 5.91 Å². The molecule has 2 aromatic rings. The molecular weight excluding hydrogens is 352 g/mol. The zero-order valence-electron chi connectivity index (χ0n) is 17.2. The number of nitrogens with one attached hydrogen (secondary N) is 1. The quantitative estimate of drug-likeness (QED) is 0.821. The summed E-state index contributed by atoms with van der Waals surface area (Å²) in [6.45, 7) is 10.0. The highest BCUT2D eigenvalue weighted by Gasteiger charge is 2.40. The predicted molar refractivity (Wildman–Crippen MR) is 112 cm³/mol. The topological polar surface area (TPSA) is 58.6 Å². The van der Waals surface area contributed by atoms with Crippen LogP contribution in [0.3, 0.4) is 0 Å². The maximum atomic E-state index is 12.9. The van der Waals surface area contributed by atoms with Crippen LogP contribution in [0, 0.1) is 6.92 Å². The van der Waals surface area contributed by atoms with Crippen LogP contribution >= 0.6 is 0 Å². The molecule has 0 bridgehead atoms. The second-order valence-corrected chi connectivity index (χ2v) is 8.12. The molecule has 3 rings (SSSR count). The Morgan fingerprint density at radius 1 is 1.14 bits per heavy atom. The van der Waals surface area contributed by atoms with Crippen LogP contribution < -0.4 is 15.0 Å². The molecule has 0 fully saturated rings. The number of aryl methyl sites for hydroxylation is 1. The van der Waals surface area contributed by atoms with Gasteiger partial charge >= 0.3 is 0 Å².